The van der Waals surface area contributed by atoms with Crippen LogP contribution in [0.1, 0.15) is 0 Å². The predicted molar refractivity (Wildman–Crippen MR) is 59.8 cm³/mol. The van der Waals surface area contributed by atoms with Gasteiger partial charge in [-0.25, -0.2) is 13.6 Å². The van der Waals surface area contributed by atoms with Gasteiger partial charge in [0.05, 0.1) is 4.90 Å². The fourth-order valence-electron chi connectivity index (χ4n) is 0.988. The highest BCUT2D eigenvalue weighted by Gasteiger charge is 2.13. The molecule has 4 nitrogen and oxygen atoms in total. The number of nitrogens with two attached hydrogens (primary N) is 1. The van der Waals surface area contributed by atoms with Crippen molar-refractivity contribution in [3.63, 3.8) is 0 Å². The van der Waals surface area contributed by atoms with Crippen LogP contribution >= 0.6 is 15.9 Å². The molecule has 0 fully saturated rings. The fraction of sp³-hybridized carbons (Fsp3) is 0.250. The summed E-state index contributed by atoms with van der Waals surface area (Å²) in [6, 6.07) is 4.99. The van der Waals surface area contributed by atoms with E-state index in [9.17, 15) is 8.42 Å². The minimum Gasteiger partial charge on any atom is -0.378 e. The van der Waals surface area contributed by atoms with Crippen LogP contribution in [0.4, 0.5) is 5.69 Å². The van der Waals surface area contributed by atoms with Gasteiger partial charge in [-0.2, -0.15) is 0 Å². The van der Waals surface area contributed by atoms with Gasteiger partial charge < -0.3 is 4.90 Å². The van der Waals surface area contributed by atoms with Gasteiger partial charge in [0.25, 0.3) is 0 Å². The van der Waals surface area contributed by atoms with Crippen LogP contribution in [-0.4, -0.2) is 22.5 Å². The Kier molecular flexibility index (Phi) is 3.18. The molecular weight excluding hydrogens is 268 g/mol. The van der Waals surface area contributed by atoms with E-state index in [1.54, 1.807) is 17.0 Å². The van der Waals surface area contributed by atoms with E-state index >= 15 is 0 Å². The lowest BCUT2D eigenvalue weighted by molar-refractivity contribution is 0.597. The third-order valence-electron chi connectivity index (χ3n) is 1.74. The Morgan fingerprint density at radius 3 is 2.36 bits per heavy atom. The quantitative estimate of drug-likeness (QED) is 0.883. The maximum atomic E-state index is 11.2. The second-order valence-electron chi connectivity index (χ2n) is 3.05. The van der Waals surface area contributed by atoms with Crippen molar-refractivity contribution in [2.75, 3.05) is 19.0 Å². The standard InChI is InChI=1S/C8H11BrN2O2S/c1-11(2)6-3-4-7(9)8(5-6)14(10,12)13/h3-5H,1-2H3,(H2,10,12,13). The Balaban J connectivity index is 3.37. The Morgan fingerprint density at radius 1 is 1.36 bits per heavy atom. The average Bonchev–Trinajstić information content (AvgIpc) is 2.02. The van der Waals surface area contributed by atoms with E-state index in [0.717, 1.165) is 5.69 Å². The number of sulfonamides is 1. The molecule has 0 saturated heterocycles. The molecule has 78 valence electrons. The highest BCUT2D eigenvalue weighted by molar-refractivity contribution is 9.10. The van der Waals surface area contributed by atoms with Crippen molar-refractivity contribution >= 4 is 31.6 Å². The van der Waals surface area contributed by atoms with Crippen molar-refractivity contribution in [2.24, 2.45) is 5.14 Å². The van der Waals surface area contributed by atoms with E-state index in [-0.39, 0.29) is 4.90 Å². The molecule has 0 spiro atoms. The van der Waals surface area contributed by atoms with Gasteiger partial charge in [0.15, 0.2) is 0 Å². The molecule has 0 bridgehead atoms. The third-order valence-corrected chi connectivity index (χ3v) is 3.64. The molecule has 0 radical (unpaired) electrons. The number of anilines is 1. The fourth-order valence-corrected chi connectivity index (χ4v) is 2.54. The molecule has 0 saturated carbocycles. The minimum absolute atomic E-state index is 0.101. The van der Waals surface area contributed by atoms with Crippen molar-refractivity contribution in [3.05, 3.63) is 22.7 Å². The molecular formula is C8H11BrN2O2S. The summed E-state index contributed by atoms with van der Waals surface area (Å²) in [5.41, 5.74) is 0.789. The number of hydrogen-bond donors (Lipinski definition) is 1. The number of nitrogens with zero attached hydrogens (tertiary/aromatic N) is 1. The first-order valence-electron chi connectivity index (χ1n) is 3.82. The summed E-state index contributed by atoms with van der Waals surface area (Å²) in [4.78, 5) is 1.91. The van der Waals surface area contributed by atoms with Crippen LogP contribution in [0, 0.1) is 0 Å². The van der Waals surface area contributed by atoms with E-state index in [2.05, 4.69) is 15.9 Å². The normalized spacial score (nSPS) is 11.4. The lowest BCUT2D eigenvalue weighted by Gasteiger charge is -2.13. The van der Waals surface area contributed by atoms with Crippen molar-refractivity contribution in [1.29, 1.82) is 0 Å². The zero-order valence-corrected chi connectivity index (χ0v) is 10.3. The minimum atomic E-state index is -3.66. The van der Waals surface area contributed by atoms with E-state index in [1.807, 2.05) is 14.1 Å². The maximum Gasteiger partial charge on any atom is 0.239 e. The van der Waals surface area contributed by atoms with Gasteiger partial charge in [-0.15, -0.1) is 0 Å². The Bertz CT molecular complexity index is 443. The molecule has 0 aliphatic carbocycles. The first-order chi connectivity index (χ1) is 6.32. The second-order valence-corrected chi connectivity index (χ2v) is 5.44. The van der Waals surface area contributed by atoms with Crippen LogP contribution < -0.4 is 10.0 Å². The molecule has 1 rings (SSSR count). The molecule has 14 heavy (non-hydrogen) atoms. The summed E-state index contributed by atoms with van der Waals surface area (Å²) >= 11 is 3.14. The summed E-state index contributed by atoms with van der Waals surface area (Å²) in [6.07, 6.45) is 0. The monoisotopic (exact) mass is 278 g/mol. The summed E-state index contributed by atoms with van der Waals surface area (Å²) in [5.74, 6) is 0. The van der Waals surface area contributed by atoms with Crippen LogP contribution in [0.3, 0.4) is 0 Å². The van der Waals surface area contributed by atoms with E-state index in [1.165, 1.54) is 6.07 Å². The molecule has 0 atom stereocenters. The van der Waals surface area contributed by atoms with Crippen LogP contribution in [0.15, 0.2) is 27.6 Å². The predicted octanol–water partition coefficient (Wildman–Crippen LogP) is 1.16. The van der Waals surface area contributed by atoms with Crippen molar-refractivity contribution in [3.8, 4) is 0 Å². The Labute approximate surface area is 91.9 Å². The zero-order chi connectivity index (χ0) is 10.9. The zero-order valence-electron chi connectivity index (χ0n) is 7.86. The molecule has 0 aromatic heterocycles. The topological polar surface area (TPSA) is 63.4 Å². The van der Waals surface area contributed by atoms with Gasteiger partial charge in [-0.1, -0.05) is 0 Å². The number of halogens is 1. The maximum absolute atomic E-state index is 11.2. The summed E-state index contributed by atoms with van der Waals surface area (Å²) < 4.78 is 22.8. The smallest absolute Gasteiger partial charge is 0.239 e. The number of hydrogen-bond acceptors (Lipinski definition) is 3. The summed E-state index contributed by atoms with van der Waals surface area (Å²) in [5, 5.41) is 5.05. The molecule has 0 heterocycles. The molecule has 0 aliphatic heterocycles. The SMILES string of the molecule is CN(C)c1ccc(Br)c(S(N)(=O)=O)c1. The molecule has 0 unspecified atom stereocenters. The second kappa shape index (κ2) is 3.88. The summed E-state index contributed by atoms with van der Waals surface area (Å²) in [6.45, 7) is 0. The van der Waals surface area contributed by atoms with Crippen molar-refractivity contribution in [1.82, 2.24) is 0 Å². The van der Waals surface area contributed by atoms with Crippen molar-refractivity contribution in [2.45, 2.75) is 4.90 Å². The van der Waals surface area contributed by atoms with Crippen LogP contribution in [-0.2, 0) is 10.0 Å². The van der Waals surface area contributed by atoms with E-state index in [4.69, 9.17) is 5.14 Å². The number of primary sulfonamides is 1. The molecule has 2 N–H and O–H groups in total. The highest BCUT2D eigenvalue weighted by atomic mass is 79.9. The van der Waals surface area contributed by atoms with Gasteiger partial charge >= 0.3 is 0 Å². The van der Waals surface area contributed by atoms with Crippen LogP contribution in [0.2, 0.25) is 0 Å². The highest BCUT2D eigenvalue weighted by Crippen LogP contribution is 2.25. The van der Waals surface area contributed by atoms with Crippen LogP contribution in [0.25, 0.3) is 0 Å². The molecule has 1 aromatic carbocycles. The lowest BCUT2D eigenvalue weighted by Crippen LogP contribution is -2.15. The van der Waals surface area contributed by atoms with Gasteiger partial charge in [-0.05, 0) is 34.1 Å². The number of rotatable bonds is 2. The third kappa shape index (κ3) is 2.46. The molecule has 1 aromatic rings. The molecule has 0 aliphatic rings. The first-order valence-corrected chi connectivity index (χ1v) is 6.16. The molecule has 0 amide bonds. The Hall–Kier alpha value is -0.590. The van der Waals surface area contributed by atoms with Gasteiger partial charge in [-0.3, -0.25) is 0 Å². The Morgan fingerprint density at radius 2 is 1.93 bits per heavy atom. The van der Waals surface area contributed by atoms with Gasteiger partial charge in [0, 0.05) is 24.3 Å². The average molecular weight is 279 g/mol. The van der Waals surface area contributed by atoms with E-state index in [0.29, 0.717) is 4.47 Å². The van der Waals surface area contributed by atoms with Crippen LogP contribution in [0.5, 0.6) is 0 Å². The van der Waals surface area contributed by atoms with Gasteiger partial charge in [0.1, 0.15) is 0 Å². The largest absolute Gasteiger partial charge is 0.378 e. The van der Waals surface area contributed by atoms with E-state index < -0.39 is 10.0 Å². The molecule has 6 heteroatoms. The summed E-state index contributed by atoms with van der Waals surface area (Å²) in [7, 11) is -0.00402. The lowest BCUT2D eigenvalue weighted by atomic mass is 10.3. The first kappa shape index (κ1) is 11.5. The number of benzene rings is 1. The van der Waals surface area contributed by atoms with Gasteiger partial charge in [0.2, 0.25) is 10.0 Å². The van der Waals surface area contributed by atoms with Crippen molar-refractivity contribution < 1.29 is 8.42 Å².